The van der Waals surface area contributed by atoms with Crippen LogP contribution >= 0.6 is 0 Å². The molecule has 0 aromatic carbocycles. The molecule has 0 amide bonds. The lowest BCUT2D eigenvalue weighted by Gasteiger charge is -2.11. The number of hydrogen-bond donors (Lipinski definition) is 0. The van der Waals surface area contributed by atoms with Gasteiger partial charge in [0, 0.05) is 6.07 Å². The first kappa shape index (κ1) is 10.5. The van der Waals surface area contributed by atoms with Gasteiger partial charge in [-0.3, -0.25) is 0 Å². The van der Waals surface area contributed by atoms with Crippen LogP contribution in [0.1, 0.15) is 18.2 Å². The number of aryl methyl sites for hydroxylation is 1. The lowest BCUT2D eigenvalue weighted by Crippen LogP contribution is -2.13. The molecule has 1 fully saturated rings. The standard InChI is InChI=1S/C9H14N2O3S/c1-7-5-9(14-2)11(10-7)8-3-4-15(12,13)6-8/h5,8H,3-4,6H2,1-2H3/t8-/m0/s1. The molecule has 1 aromatic heterocycles. The van der Waals surface area contributed by atoms with Crippen LogP contribution in [-0.4, -0.2) is 36.8 Å². The molecular weight excluding hydrogens is 216 g/mol. The first-order valence-corrected chi connectivity index (χ1v) is 6.64. The topological polar surface area (TPSA) is 61.2 Å². The third kappa shape index (κ3) is 1.99. The molecule has 1 aromatic rings. The van der Waals surface area contributed by atoms with E-state index in [-0.39, 0.29) is 17.5 Å². The summed E-state index contributed by atoms with van der Waals surface area (Å²) in [5, 5.41) is 4.26. The van der Waals surface area contributed by atoms with Gasteiger partial charge in [0.15, 0.2) is 9.84 Å². The van der Waals surface area contributed by atoms with Gasteiger partial charge in [0.25, 0.3) is 0 Å². The minimum absolute atomic E-state index is 0.0707. The molecular formula is C9H14N2O3S. The monoisotopic (exact) mass is 230 g/mol. The summed E-state index contributed by atoms with van der Waals surface area (Å²) in [5.74, 6) is 1.05. The van der Waals surface area contributed by atoms with Crippen LogP contribution in [0.3, 0.4) is 0 Å². The molecule has 0 aliphatic carbocycles. The Hall–Kier alpha value is -1.04. The third-order valence-corrected chi connectivity index (χ3v) is 4.34. The van der Waals surface area contributed by atoms with Crippen LogP contribution in [0, 0.1) is 6.92 Å². The predicted octanol–water partition coefficient (Wildman–Crippen LogP) is 0.560. The van der Waals surface area contributed by atoms with E-state index in [4.69, 9.17) is 4.74 Å². The maximum absolute atomic E-state index is 11.3. The van der Waals surface area contributed by atoms with Gasteiger partial charge in [-0.25, -0.2) is 13.1 Å². The second-order valence-corrected chi connectivity index (χ2v) is 6.06. The Labute approximate surface area is 89.0 Å². The molecule has 0 saturated carbocycles. The van der Waals surface area contributed by atoms with Crippen molar-refractivity contribution in [2.24, 2.45) is 0 Å². The molecule has 0 unspecified atom stereocenters. The first-order valence-electron chi connectivity index (χ1n) is 4.82. The number of ether oxygens (including phenoxy) is 1. The average molecular weight is 230 g/mol. The molecule has 0 bridgehead atoms. The number of rotatable bonds is 2. The van der Waals surface area contributed by atoms with Crippen LogP contribution in [-0.2, 0) is 9.84 Å². The van der Waals surface area contributed by atoms with Gasteiger partial charge in [-0.2, -0.15) is 5.10 Å². The molecule has 2 rings (SSSR count). The van der Waals surface area contributed by atoms with E-state index in [0.29, 0.717) is 12.3 Å². The van der Waals surface area contributed by atoms with Gasteiger partial charge in [0.05, 0.1) is 30.4 Å². The Morgan fingerprint density at radius 1 is 1.60 bits per heavy atom. The lowest BCUT2D eigenvalue weighted by molar-refractivity contribution is 0.339. The van der Waals surface area contributed by atoms with Crippen LogP contribution in [0.15, 0.2) is 6.07 Å². The molecule has 6 heteroatoms. The van der Waals surface area contributed by atoms with E-state index in [2.05, 4.69) is 5.10 Å². The van der Waals surface area contributed by atoms with Crippen molar-refractivity contribution in [1.82, 2.24) is 9.78 Å². The Balaban J connectivity index is 2.30. The fourth-order valence-corrected chi connectivity index (χ4v) is 3.57. The van der Waals surface area contributed by atoms with Crippen LogP contribution in [0.2, 0.25) is 0 Å². The Morgan fingerprint density at radius 3 is 2.87 bits per heavy atom. The number of methoxy groups -OCH3 is 1. The molecule has 84 valence electrons. The zero-order valence-corrected chi connectivity index (χ0v) is 9.62. The summed E-state index contributed by atoms with van der Waals surface area (Å²) in [7, 11) is -1.31. The Morgan fingerprint density at radius 2 is 2.33 bits per heavy atom. The van der Waals surface area contributed by atoms with Crippen LogP contribution < -0.4 is 4.74 Å². The van der Waals surface area contributed by atoms with Crippen molar-refractivity contribution in [3.63, 3.8) is 0 Å². The predicted molar refractivity (Wildman–Crippen MR) is 55.8 cm³/mol. The van der Waals surface area contributed by atoms with Crippen molar-refractivity contribution < 1.29 is 13.2 Å². The highest BCUT2D eigenvalue weighted by Gasteiger charge is 2.31. The van der Waals surface area contributed by atoms with Crippen LogP contribution in [0.25, 0.3) is 0 Å². The van der Waals surface area contributed by atoms with E-state index >= 15 is 0 Å². The van der Waals surface area contributed by atoms with Crippen molar-refractivity contribution in [2.45, 2.75) is 19.4 Å². The van der Waals surface area contributed by atoms with Crippen molar-refractivity contribution in [1.29, 1.82) is 0 Å². The zero-order chi connectivity index (χ0) is 11.1. The third-order valence-electron chi connectivity index (χ3n) is 2.59. The highest BCUT2D eigenvalue weighted by atomic mass is 32.2. The highest BCUT2D eigenvalue weighted by molar-refractivity contribution is 7.91. The number of hydrogen-bond acceptors (Lipinski definition) is 4. The summed E-state index contributed by atoms with van der Waals surface area (Å²) in [6.07, 6.45) is 0.625. The smallest absolute Gasteiger partial charge is 0.211 e. The van der Waals surface area contributed by atoms with Gasteiger partial charge in [-0.05, 0) is 13.3 Å². The second kappa shape index (κ2) is 3.52. The van der Waals surface area contributed by atoms with E-state index < -0.39 is 9.84 Å². The maximum Gasteiger partial charge on any atom is 0.211 e. The van der Waals surface area contributed by atoms with E-state index in [9.17, 15) is 8.42 Å². The number of nitrogens with zero attached hydrogens (tertiary/aromatic N) is 2. The summed E-state index contributed by atoms with van der Waals surface area (Å²) < 4.78 is 29.5. The van der Waals surface area contributed by atoms with Crippen molar-refractivity contribution in [2.75, 3.05) is 18.6 Å². The quantitative estimate of drug-likeness (QED) is 0.744. The summed E-state index contributed by atoms with van der Waals surface area (Å²) in [5.41, 5.74) is 0.844. The summed E-state index contributed by atoms with van der Waals surface area (Å²) in [6, 6.07) is 1.74. The molecule has 15 heavy (non-hydrogen) atoms. The summed E-state index contributed by atoms with van der Waals surface area (Å²) in [4.78, 5) is 0. The van der Waals surface area contributed by atoms with Crippen LogP contribution in [0.5, 0.6) is 5.88 Å². The molecule has 1 aliphatic rings. The molecule has 0 radical (unpaired) electrons. The largest absolute Gasteiger partial charge is 0.481 e. The molecule has 1 aliphatic heterocycles. The fraction of sp³-hybridized carbons (Fsp3) is 0.667. The van der Waals surface area contributed by atoms with Crippen LogP contribution in [0.4, 0.5) is 0 Å². The number of aromatic nitrogens is 2. The molecule has 0 spiro atoms. The van der Waals surface area contributed by atoms with Gasteiger partial charge in [-0.1, -0.05) is 0 Å². The summed E-state index contributed by atoms with van der Waals surface area (Å²) >= 11 is 0. The average Bonchev–Trinajstić information content (AvgIpc) is 2.68. The van der Waals surface area contributed by atoms with Gasteiger partial charge >= 0.3 is 0 Å². The molecule has 2 heterocycles. The van der Waals surface area contributed by atoms with Crippen molar-refractivity contribution >= 4 is 9.84 Å². The second-order valence-electron chi connectivity index (χ2n) is 3.83. The molecule has 5 nitrogen and oxygen atoms in total. The highest BCUT2D eigenvalue weighted by Crippen LogP contribution is 2.27. The molecule has 1 atom stereocenters. The van der Waals surface area contributed by atoms with Crippen molar-refractivity contribution in [3.05, 3.63) is 11.8 Å². The Bertz CT molecular complexity index is 464. The van der Waals surface area contributed by atoms with E-state index in [1.807, 2.05) is 13.0 Å². The van der Waals surface area contributed by atoms with Crippen molar-refractivity contribution in [3.8, 4) is 5.88 Å². The fourth-order valence-electron chi connectivity index (χ4n) is 1.88. The first-order chi connectivity index (χ1) is 7.02. The number of sulfone groups is 1. The van der Waals surface area contributed by atoms with Gasteiger partial charge in [0.1, 0.15) is 0 Å². The maximum atomic E-state index is 11.3. The van der Waals surface area contributed by atoms with Gasteiger partial charge in [0.2, 0.25) is 5.88 Å². The Kier molecular flexibility index (Phi) is 2.46. The zero-order valence-electron chi connectivity index (χ0n) is 8.80. The van der Waals surface area contributed by atoms with E-state index in [1.54, 1.807) is 11.8 Å². The van der Waals surface area contributed by atoms with Gasteiger partial charge in [-0.15, -0.1) is 0 Å². The molecule has 0 N–H and O–H groups in total. The summed E-state index contributed by atoms with van der Waals surface area (Å²) in [6.45, 7) is 1.86. The minimum Gasteiger partial charge on any atom is -0.481 e. The normalized spacial score (nSPS) is 24.3. The minimum atomic E-state index is -2.88. The molecule has 1 saturated heterocycles. The lowest BCUT2D eigenvalue weighted by atomic mass is 10.3. The van der Waals surface area contributed by atoms with E-state index in [0.717, 1.165) is 5.69 Å². The van der Waals surface area contributed by atoms with E-state index in [1.165, 1.54) is 0 Å². The SMILES string of the molecule is COc1cc(C)nn1[C@H]1CCS(=O)(=O)C1. The van der Waals surface area contributed by atoms with Gasteiger partial charge < -0.3 is 4.74 Å².